The minimum Gasteiger partial charge on any atom is -0.505 e. The monoisotopic (exact) mass is 559 g/mol. The molecular weight excluding hydrogens is 541 g/mol. The number of nitrogens with zero attached hydrogens (tertiary/aromatic N) is 2. The summed E-state index contributed by atoms with van der Waals surface area (Å²) in [6.07, 6.45) is 0. The summed E-state index contributed by atoms with van der Waals surface area (Å²) in [5.74, 6) is -0.622. The highest BCUT2D eigenvalue weighted by atomic mass is 35.5. The number of phenolic OH excluding ortho intramolecular Hbond substituents is 1. The number of aromatic hydroxyl groups is 1. The Morgan fingerprint density at radius 3 is 2.43 bits per heavy atom. The van der Waals surface area contributed by atoms with Gasteiger partial charge in [0.25, 0.3) is 16.0 Å². The summed E-state index contributed by atoms with van der Waals surface area (Å²) in [5.41, 5.74) is 0.540. The van der Waals surface area contributed by atoms with Crippen molar-refractivity contribution >= 4 is 67.1 Å². The number of carbonyl (C=O) groups is 1. The molecule has 0 aromatic heterocycles. The number of benzene rings is 4. The van der Waals surface area contributed by atoms with Gasteiger partial charge >= 0.3 is 0 Å². The predicted molar refractivity (Wildman–Crippen MR) is 142 cm³/mol. The second-order valence-corrected chi connectivity index (χ2v) is 10.1. The van der Waals surface area contributed by atoms with Crippen LogP contribution in [0.3, 0.4) is 0 Å². The van der Waals surface area contributed by atoms with E-state index in [0.717, 1.165) is 0 Å². The molecule has 3 N–H and O–H groups in total. The SMILES string of the molecule is COc1ccc(NC(=O)c2cc3ccccc3c(N=Nc3cc(C)cc(S(=O)(=O)O)c3Cl)c2O)c(Cl)c1. The number of hydrogen-bond donors (Lipinski definition) is 3. The van der Waals surface area contributed by atoms with Gasteiger partial charge in [0.05, 0.1) is 28.4 Å². The number of hydrogen-bond acceptors (Lipinski definition) is 7. The molecule has 190 valence electrons. The van der Waals surface area contributed by atoms with E-state index in [4.69, 9.17) is 27.9 Å². The summed E-state index contributed by atoms with van der Waals surface area (Å²) in [5, 5.41) is 22.8. The summed E-state index contributed by atoms with van der Waals surface area (Å²) in [4.78, 5) is 12.6. The molecule has 0 aliphatic carbocycles. The Kier molecular flexibility index (Phi) is 7.37. The normalized spacial score (nSPS) is 11.7. The Balaban J connectivity index is 1.81. The number of ether oxygens (including phenoxy) is 1. The first kappa shape index (κ1) is 26.4. The van der Waals surface area contributed by atoms with Crippen molar-refractivity contribution in [3.8, 4) is 11.5 Å². The summed E-state index contributed by atoms with van der Waals surface area (Å²) in [6, 6.07) is 15.7. The standard InChI is InChI=1S/C25H19Cl2N3O6S/c1-13-9-20(22(27)21(10-13)37(33,34)35)29-30-23-16-6-4-3-5-14(16)11-17(24(23)31)25(32)28-19-8-7-15(36-2)12-18(19)26/h3-12,31H,1-2H3,(H,28,32)(H,33,34,35). The molecule has 0 atom stereocenters. The minimum absolute atomic E-state index is 0.0462. The molecule has 9 nitrogen and oxygen atoms in total. The van der Waals surface area contributed by atoms with Crippen molar-refractivity contribution < 1.29 is 27.6 Å². The molecule has 37 heavy (non-hydrogen) atoms. The zero-order chi connectivity index (χ0) is 26.9. The van der Waals surface area contributed by atoms with Gasteiger partial charge in [-0.25, -0.2) is 0 Å². The van der Waals surface area contributed by atoms with Crippen molar-refractivity contribution in [3.05, 3.63) is 81.8 Å². The molecule has 0 bridgehead atoms. The maximum Gasteiger partial charge on any atom is 0.296 e. The minimum atomic E-state index is -4.61. The van der Waals surface area contributed by atoms with Crippen molar-refractivity contribution in [2.75, 3.05) is 12.4 Å². The van der Waals surface area contributed by atoms with E-state index in [1.807, 2.05) is 0 Å². The number of anilines is 1. The number of amides is 1. The first-order chi connectivity index (χ1) is 17.5. The van der Waals surface area contributed by atoms with Crippen LogP contribution < -0.4 is 10.1 Å². The first-order valence-electron chi connectivity index (χ1n) is 10.6. The Bertz CT molecular complexity index is 1690. The van der Waals surface area contributed by atoms with E-state index in [1.165, 1.54) is 31.4 Å². The molecule has 0 saturated heterocycles. The van der Waals surface area contributed by atoms with Crippen LogP contribution in [-0.2, 0) is 10.1 Å². The average molecular weight is 560 g/mol. The van der Waals surface area contributed by atoms with Gasteiger partial charge in [-0.2, -0.15) is 8.42 Å². The van der Waals surface area contributed by atoms with Gasteiger partial charge in [-0.3, -0.25) is 9.35 Å². The van der Waals surface area contributed by atoms with Crippen molar-refractivity contribution in [2.24, 2.45) is 10.2 Å². The van der Waals surface area contributed by atoms with Gasteiger partial charge in [0.1, 0.15) is 22.0 Å². The lowest BCUT2D eigenvalue weighted by Gasteiger charge is -2.12. The lowest BCUT2D eigenvalue weighted by Crippen LogP contribution is -2.12. The molecule has 0 heterocycles. The Hall–Kier alpha value is -3.70. The van der Waals surface area contributed by atoms with Gasteiger partial charge in [0.15, 0.2) is 5.75 Å². The molecule has 0 fully saturated rings. The Labute approximate surface area is 222 Å². The van der Waals surface area contributed by atoms with Crippen LogP contribution in [-0.4, -0.2) is 31.1 Å². The highest BCUT2D eigenvalue weighted by molar-refractivity contribution is 7.86. The van der Waals surface area contributed by atoms with Gasteiger partial charge in [-0.1, -0.05) is 47.5 Å². The molecule has 12 heteroatoms. The van der Waals surface area contributed by atoms with Crippen LogP contribution in [0.1, 0.15) is 15.9 Å². The van der Waals surface area contributed by atoms with Crippen molar-refractivity contribution in [2.45, 2.75) is 11.8 Å². The van der Waals surface area contributed by atoms with E-state index in [-0.39, 0.29) is 27.0 Å². The van der Waals surface area contributed by atoms with Crippen LogP contribution in [0.25, 0.3) is 10.8 Å². The van der Waals surface area contributed by atoms with Crippen molar-refractivity contribution in [3.63, 3.8) is 0 Å². The highest BCUT2D eigenvalue weighted by Gasteiger charge is 2.21. The van der Waals surface area contributed by atoms with Gasteiger partial charge in [-0.15, -0.1) is 10.2 Å². The zero-order valence-electron chi connectivity index (χ0n) is 19.4. The molecule has 4 aromatic carbocycles. The number of nitrogens with one attached hydrogen (secondary N) is 1. The third-order valence-corrected chi connectivity index (χ3v) is 7.06. The van der Waals surface area contributed by atoms with E-state index in [9.17, 15) is 22.9 Å². The van der Waals surface area contributed by atoms with Gasteiger partial charge in [0, 0.05) is 11.5 Å². The molecular formula is C25H19Cl2N3O6S. The second kappa shape index (κ2) is 10.3. The quantitative estimate of drug-likeness (QED) is 0.170. The van der Waals surface area contributed by atoms with Crippen LogP contribution in [0, 0.1) is 6.92 Å². The number of aryl methyl sites for hydroxylation is 1. The van der Waals surface area contributed by atoms with Crippen molar-refractivity contribution in [1.82, 2.24) is 0 Å². The number of rotatable bonds is 6. The molecule has 4 rings (SSSR count). The van der Waals surface area contributed by atoms with E-state index in [1.54, 1.807) is 43.3 Å². The predicted octanol–water partition coefficient (Wildman–Crippen LogP) is 7.08. The summed E-state index contributed by atoms with van der Waals surface area (Å²) in [6.45, 7) is 1.59. The van der Waals surface area contributed by atoms with E-state index in [2.05, 4.69) is 15.5 Å². The second-order valence-electron chi connectivity index (χ2n) is 7.91. The Morgan fingerprint density at radius 2 is 1.76 bits per heavy atom. The summed E-state index contributed by atoms with van der Waals surface area (Å²) >= 11 is 12.4. The topological polar surface area (TPSA) is 138 Å². The molecule has 0 aliphatic rings. The zero-order valence-corrected chi connectivity index (χ0v) is 21.7. The molecule has 4 aromatic rings. The van der Waals surface area contributed by atoms with E-state index >= 15 is 0 Å². The molecule has 0 aliphatic heterocycles. The van der Waals surface area contributed by atoms with Crippen LogP contribution in [0.2, 0.25) is 10.0 Å². The van der Waals surface area contributed by atoms with Crippen LogP contribution in [0.5, 0.6) is 11.5 Å². The average Bonchev–Trinajstić information content (AvgIpc) is 2.85. The molecule has 0 saturated carbocycles. The lowest BCUT2D eigenvalue weighted by atomic mass is 10.0. The molecule has 0 unspecified atom stereocenters. The molecule has 0 spiro atoms. The summed E-state index contributed by atoms with van der Waals surface area (Å²) in [7, 11) is -3.13. The number of phenols is 1. The third kappa shape index (κ3) is 5.52. The first-order valence-corrected chi connectivity index (χ1v) is 12.8. The fraction of sp³-hybridized carbons (Fsp3) is 0.0800. The fourth-order valence-electron chi connectivity index (χ4n) is 3.59. The maximum atomic E-state index is 13.1. The van der Waals surface area contributed by atoms with Gasteiger partial charge in [-0.05, 0) is 48.2 Å². The van der Waals surface area contributed by atoms with Gasteiger partial charge < -0.3 is 15.2 Å². The van der Waals surface area contributed by atoms with Gasteiger partial charge in [0.2, 0.25) is 0 Å². The van der Waals surface area contributed by atoms with E-state index < -0.39 is 26.7 Å². The molecule has 0 radical (unpaired) electrons. The third-order valence-electron chi connectivity index (χ3n) is 5.36. The number of methoxy groups -OCH3 is 1. The smallest absolute Gasteiger partial charge is 0.296 e. The highest BCUT2D eigenvalue weighted by Crippen LogP contribution is 2.41. The maximum absolute atomic E-state index is 13.1. The van der Waals surface area contributed by atoms with E-state index in [0.29, 0.717) is 27.8 Å². The largest absolute Gasteiger partial charge is 0.505 e. The number of azo groups is 1. The van der Waals surface area contributed by atoms with Crippen molar-refractivity contribution in [1.29, 1.82) is 0 Å². The fourth-order valence-corrected chi connectivity index (χ4v) is 4.91. The van der Waals surface area contributed by atoms with Crippen LogP contribution in [0.4, 0.5) is 17.1 Å². The summed E-state index contributed by atoms with van der Waals surface area (Å²) < 4.78 is 38.0. The molecule has 1 amide bonds. The lowest BCUT2D eigenvalue weighted by molar-refractivity contribution is 0.102. The Morgan fingerprint density at radius 1 is 1.03 bits per heavy atom. The number of carbonyl (C=O) groups excluding carboxylic acids is 1. The number of fused-ring (bicyclic) bond motifs is 1. The van der Waals surface area contributed by atoms with Crippen LogP contribution in [0.15, 0.2) is 75.8 Å². The number of halogens is 2. The van der Waals surface area contributed by atoms with Crippen LogP contribution >= 0.6 is 23.2 Å².